The van der Waals surface area contributed by atoms with E-state index in [-0.39, 0.29) is 47.0 Å². The van der Waals surface area contributed by atoms with Crippen LogP contribution in [0.4, 0.5) is 0 Å². The molecule has 0 saturated carbocycles. The van der Waals surface area contributed by atoms with E-state index in [1.54, 1.807) is 30.3 Å². The summed E-state index contributed by atoms with van der Waals surface area (Å²) in [6.07, 6.45) is 3.59. The summed E-state index contributed by atoms with van der Waals surface area (Å²) >= 11 is 6.01. The molecule has 12 heteroatoms. The second-order valence-electron chi connectivity index (χ2n) is 9.30. The van der Waals surface area contributed by atoms with Crippen LogP contribution in [0.2, 0.25) is 5.02 Å². The molecule has 0 spiro atoms. The number of ether oxygens (including phenoxy) is 1. The van der Waals surface area contributed by atoms with Gasteiger partial charge < -0.3 is 10.1 Å². The lowest BCUT2D eigenvalue weighted by molar-refractivity contribution is -0.126. The predicted molar refractivity (Wildman–Crippen MR) is 140 cm³/mol. The predicted octanol–water partition coefficient (Wildman–Crippen LogP) is 3.24. The molecule has 1 amide bonds. The minimum Gasteiger partial charge on any atom is -0.495 e. The van der Waals surface area contributed by atoms with Gasteiger partial charge in [0, 0.05) is 43.7 Å². The number of amides is 1. The Balaban J connectivity index is 1.31. The maximum atomic E-state index is 13.1. The Bertz CT molecular complexity index is 1320. The first-order valence-electron chi connectivity index (χ1n) is 12.3. The molecular formula is C25H32ClN3O6S2. The molecule has 0 aromatic heterocycles. The molecule has 2 aromatic carbocycles. The fraction of sp³-hybridized carbons (Fsp3) is 0.480. The number of nitrogens with zero attached hydrogens (tertiary/aromatic N) is 2. The van der Waals surface area contributed by atoms with Gasteiger partial charge in [-0.3, -0.25) is 4.79 Å². The molecule has 2 aromatic rings. The minimum atomic E-state index is -3.82. The monoisotopic (exact) mass is 569 g/mol. The highest BCUT2D eigenvalue weighted by Gasteiger charge is 2.34. The van der Waals surface area contributed by atoms with Gasteiger partial charge in [-0.2, -0.15) is 8.61 Å². The topological polar surface area (TPSA) is 113 Å². The summed E-state index contributed by atoms with van der Waals surface area (Å²) in [6, 6.07) is 11.0. The highest BCUT2D eigenvalue weighted by Crippen LogP contribution is 2.32. The third-order valence-electron chi connectivity index (χ3n) is 6.91. The Morgan fingerprint density at radius 2 is 1.54 bits per heavy atom. The number of sulfonamides is 2. The second-order valence-corrected chi connectivity index (χ2v) is 13.6. The molecule has 2 saturated heterocycles. The van der Waals surface area contributed by atoms with Crippen molar-refractivity contribution in [1.82, 2.24) is 13.9 Å². The number of hydrogen-bond donors (Lipinski definition) is 1. The summed E-state index contributed by atoms with van der Waals surface area (Å²) < 4.78 is 60.0. The maximum Gasteiger partial charge on any atom is 0.246 e. The molecule has 2 aliphatic rings. The first-order chi connectivity index (χ1) is 17.6. The highest BCUT2D eigenvalue weighted by atomic mass is 35.5. The van der Waals surface area contributed by atoms with Crippen LogP contribution in [0.1, 0.15) is 37.7 Å². The van der Waals surface area contributed by atoms with Crippen molar-refractivity contribution in [2.75, 3.05) is 33.3 Å². The fourth-order valence-electron chi connectivity index (χ4n) is 4.72. The van der Waals surface area contributed by atoms with Crippen molar-refractivity contribution >= 4 is 37.6 Å². The highest BCUT2D eigenvalue weighted by molar-refractivity contribution is 7.89. The van der Waals surface area contributed by atoms with Crippen molar-refractivity contribution in [3.8, 4) is 5.75 Å². The normalized spacial score (nSPS) is 18.4. The van der Waals surface area contributed by atoms with Crippen LogP contribution >= 0.6 is 11.6 Å². The van der Waals surface area contributed by atoms with Crippen molar-refractivity contribution in [3.63, 3.8) is 0 Å². The molecule has 1 N–H and O–H groups in total. The fourth-order valence-corrected chi connectivity index (χ4v) is 8.12. The Kier molecular flexibility index (Phi) is 8.80. The van der Waals surface area contributed by atoms with Gasteiger partial charge in [0.2, 0.25) is 26.0 Å². The molecule has 2 heterocycles. The van der Waals surface area contributed by atoms with Crippen LogP contribution in [0, 0.1) is 5.92 Å². The molecule has 0 bridgehead atoms. The Hall–Kier alpha value is -2.18. The number of piperidine rings is 2. The summed E-state index contributed by atoms with van der Waals surface area (Å²) in [4.78, 5) is 13.0. The molecule has 2 fully saturated rings. The average molecular weight is 570 g/mol. The number of benzene rings is 2. The van der Waals surface area contributed by atoms with Gasteiger partial charge in [-0.25, -0.2) is 16.8 Å². The number of carbonyl (C=O) groups excluding carboxylic acids is 1. The summed E-state index contributed by atoms with van der Waals surface area (Å²) in [5, 5.41) is 3.19. The van der Waals surface area contributed by atoms with E-state index in [2.05, 4.69) is 5.32 Å². The number of hydrogen-bond acceptors (Lipinski definition) is 6. The first-order valence-corrected chi connectivity index (χ1v) is 15.6. The molecule has 202 valence electrons. The Labute approximate surface area is 223 Å². The van der Waals surface area contributed by atoms with E-state index in [0.29, 0.717) is 31.0 Å². The van der Waals surface area contributed by atoms with E-state index in [0.717, 1.165) is 24.8 Å². The average Bonchev–Trinajstić information content (AvgIpc) is 2.92. The standard InChI is InChI=1S/C25H32ClN3O6S2/c1-35-23-10-7-21(26)17-24(23)37(33,34)29-15-11-20(12-16-29)25(30)27-18-19-5-8-22(9-6-19)36(31,32)28-13-3-2-4-14-28/h5-10,17,20H,2-4,11-16,18H2,1H3,(H,27,30). The molecule has 0 unspecified atom stereocenters. The Morgan fingerprint density at radius 3 is 2.16 bits per heavy atom. The van der Waals surface area contributed by atoms with E-state index < -0.39 is 20.0 Å². The number of methoxy groups -OCH3 is 1. The lowest BCUT2D eigenvalue weighted by atomic mass is 9.97. The summed E-state index contributed by atoms with van der Waals surface area (Å²) in [6.45, 7) is 1.78. The number of halogens is 1. The van der Waals surface area contributed by atoms with Crippen molar-refractivity contribution in [1.29, 1.82) is 0 Å². The first kappa shape index (κ1) is 27.8. The van der Waals surface area contributed by atoms with Crippen LogP contribution in [-0.2, 0) is 31.4 Å². The van der Waals surface area contributed by atoms with Gasteiger partial charge in [-0.15, -0.1) is 0 Å². The van der Waals surface area contributed by atoms with Gasteiger partial charge >= 0.3 is 0 Å². The van der Waals surface area contributed by atoms with Crippen LogP contribution in [0.3, 0.4) is 0 Å². The third kappa shape index (κ3) is 6.28. The zero-order chi connectivity index (χ0) is 26.6. The van der Waals surface area contributed by atoms with E-state index in [9.17, 15) is 21.6 Å². The molecule has 37 heavy (non-hydrogen) atoms. The number of nitrogens with one attached hydrogen (secondary N) is 1. The lowest BCUT2D eigenvalue weighted by Crippen LogP contribution is -2.42. The zero-order valence-corrected chi connectivity index (χ0v) is 23.1. The van der Waals surface area contributed by atoms with Crippen LogP contribution in [0.15, 0.2) is 52.3 Å². The van der Waals surface area contributed by atoms with E-state index in [4.69, 9.17) is 16.3 Å². The lowest BCUT2D eigenvalue weighted by Gasteiger charge is -2.31. The largest absolute Gasteiger partial charge is 0.495 e. The Morgan fingerprint density at radius 1 is 0.919 bits per heavy atom. The molecule has 0 radical (unpaired) electrons. The van der Waals surface area contributed by atoms with Crippen LogP contribution in [-0.4, -0.2) is 64.6 Å². The number of carbonyl (C=O) groups is 1. The van der Waals surface area contributed by atoms with Crippen molar-refractivity contribution in [2.45, 2.75) is 48.4 Å². The van der Waals surface area contributed by atoms with Crippen LogP contribution < -0.4 is 10.1 Å². The van der Waals surface area contributed by atoms with Gasteiger partial charge in [-0.05, 0) is 61.6 Å². The molecular weight excluding hydrogens is 538 g/mol. The van der Waals surface area contributed by atoms with Gasteiger partial charge in [0.05, 0.1) is 12.0 Å². The minimum absolute atomic E-state index is 0.0103. The van der Waals surface area contributed by atoms with Gasteiger partial charge in [0.25, 0.3) is 0 Å². The summed E-state index contributed by atoms with van der Waals surface area (Å²) in [5.41, 5.74) is 0.791. The SMILES string of the molecule is COc1ccc(Cl)cc1S(=O)(=O)N1CCC(C(=O)NCc2ccc(S(=O)(=O)N3CCCCC3)cc2)CC1. The zero-order valence-electron chi connectivity index (χ0n) is 20.7. The van der Waals surface area contributed by atoms with E-state index in [1.165, 1.54) is 27.9 Å². The quantitative estimate of drug-likeness (QED) is 0.522. The van der Waals surface area contributed by atoms with Gasteiger partial charge in [0.1, 0.15) is 10.6 Å². The molecule has 9 nitrogen and oxygen atoms in total. The van der Waals surface area contributed by atoms with Crippen molar-refractivity contribution < 1.29 is 26.4 Å². The summed E-state index contributed by atoms with van der Waals surface area (Å²) in [7, 11) is -5.91. The molecule has 2 aliphatic heterocycles. The van der Waals surface area contributed by atoms with Gasteiger partial charge in [0.15, 0.2) is 0 Å². The second kappa shape index (κ2) is 11.7. The maximum absolute atomic E-state index is 13.1. The number of rotatable bonds is 8. The molecule has 0 atom stereocenters. The van der Waals surface area contributed by atoms with Crippen molar-refractivity contribution in [3.05, 3.63) is 53.1 Å². The smallest absolute Gasteiger partial charge is 0.246 e. The summed E-state index contributed by atoms with van der Waals surface area (Å²) in [5.74, 6) is -0.243. The molecule has 0 aliphatic carbocycles. The van der Waals surface area contributed by atoms with Crippen LogP contribution in [0.5, 0.6) is 5.75 Å². The van der Waals surface area contributed by atoms with Crippen molar-refractivity contribution in [2.24, 2.45) is 5.92 Å². The third-order valence-corrected chi connectivity index (χ3v) is 11.0. The van der Waals surface area contributed by atoms with Crippen LogP contribution in [0.25, 0.3) is 0 Å². The van der Waals surface area contributed by atoms with E-state index >= 15 is 0 Å². The van der Waals surface area contributed by atoms with Gasteiger partial charge in [-0.1, -0.05) is 30.2 Å². The molecule has 4 rings (SSSR count). The van der Waals surface area contributed by atoms with E-state index in [1.807, 2.05) is 0 Å².